The first-order valence-corrected chi connectivity index (χ1v) is 9.41. The van der Waals surface area contributed by atoms with Gasteiger partial charge in [-0.25, -0.2) is 0 Å². The number of thioether (sulfide) groups is 1. The highest BCUT2D eigenvalue weighted by molar-refractivity contribution is 8.01. The molecule has 2 rings (SSSR count). The summed E-state index contributed by atoms with van der Waals surface area (Å²) >= 11 is 2.51. The minimum absolute atomic E-state index is 0.130. The minimum Gasteiger partial charge on any atom is -0.496 e. The van der Waals surface area contributed by atoms with Gasteiger partial charge in [-0.05, 0) is 18.6 Å². The van der Waals surface area contributed by atoms with E-state index in [0.29, 0.717) is 22.3 Å². The van der Waals surface area contributed by atoms with Crippen LogP contribution in [0.25, 0.3) is 10.6 Å². The normalized spacial score (nSPS) is 11.6. The predicted octanol–water partition coefficient (Wildman–Crippen LogP) is 2.84. The summed E-state index contributed by atoms with van der Waals surface area (Å²) in [5, 5.41) is 11.6. The molecule has 0 spiro atoms. The predicted molar refractivity (Wildman–Crippen MR) is 99.1 cm³/mol. The summed E-state index contributed by atoms with van der Waals surface area (Å²) in [5.41, 5.74) is 0.815. The van der Waals surface area contributed by atoms with Crippen molar-refractivity contribution in [3.05, 3.63) is 24.3 Å². The SMILES string of the molecule is CC[C@@H](SCC(=O)OC)C(=O)Nc1nnc(-c2ccccc2OC)s1. The van der Waals surface area contributed by atoms with Crippen LogP contribution in [0.15, 0.2) is 24.3 Å². The largest absolute Gasteiger partial charge is 0.496 e. The molecular formula is C16H19N3O4S2. The Morgan fingerprint density at radius 1 is 1.28 bits per heavy atom. The first kappa shape index (κ1) is 19.2. The number of hydrogen-bond donors (Lipinski definition) is 1. The first-order chi connectivity index (χ1) is 12.1. The lowest BCUT2D eigenvalue weighted by molar-refractivity contribution is -0.137. The number of benzene rings is 1. The Balaban J connectivity index is 2.04. The number of rotatable bonds is 8. The van der Waals surface area contributed by atoms with E-state index in [0.717, 1.165) is 5.56 Å². The number of hydrogen-bond acceptors (Lipinski definition) is 8. The highest BCUT2D eigenvalue weighted by Crippen LogP contribution is 2.33. The average molecular weight is 381 g/mol. The number of methoxy groups -OCH3 is 2. The van der Waals surface area contributed by atoms with Crippen molar-refractivity contribution in [1.82, 2.24) is 10.2 Å². The molecule has 7 nitrogen and oxygen atoms in total. The van der Waals surface area contributed by atoms with Crippen molar-refractivity contribution in [3.63, 3.8) is 0 Å². The molecule has 0 bridgehead atoms. The molecule has 0 fully saturated rings. The van der Waals surface area contributed by atoms with Gasteiger partial charge in [-0.1, -0.05) is 30.4 Å². The Hall–Kier alpha value is -2.13. The number of nitrogens with zero attached hydrogens (tertiary/aromatic N) is 2. The van der Waals surface area contributed by atoms with Crippen LogP contribution in [0, 0.1) is 0 Å². The van der Waals surface area contributed by atoms with Crippen LogP contribution in [-0.2, 0) is 14.3 Å². The Morgan fingerprint density at radius 2 is 2.04 bits per heavy atom. The summed E-state index contributed by atoms with van der Waals surface area (Å²) in [7, 11) is 2.91. The number of nitrogens with one attached hydrogen (secondary N) is 1. The Bertz CT molecular complexity index is 736. The van der Waals surface area contributed by atoms with Crippen molar-refractivity contribution >= 4 is 40.1 Å². The van der Waals surface area contributed by atoms with Crippen LogP contribution in [0.2, 0.25) is 0 Å². The smallest absolute Gasteiger partial charge is 0.315 e. The van der Waals surface area contributed by atoms with Gasteiger partial charge in [0, 0.05) is 0 Å². The number of carbonyl (C=O) groups excluding carboxylic acids is 2. The number of para-hydroxylation sites is 1. The van der Waals surface area contributed by atoms with E-state index in [1.54, 1.807) is 7.11 Å². The summed E-state index contributed by atoms with van der Waals surface area (Å²) in [6, 6.07) is 7.47. The average Bonchev–Trinajstić information content (AvgIpc) is 3.10. The van der Waals surface area contributed by atoms with Gasteiger partial charge in [0.2, 0.25) is 11.0 Å². The number of ether oxygens (including phenoxy) is 2. The molecule has 0 radical (unpaired) electrons. The second-order valence-electron chi connectivity index (χ2n) is 4.89. The monoisotopic (exact) mass is 381 g/mol. The Morgan fingerprint density at radius 3 is 2.72 bits per heavy atom. The molecule has 1 heterocycles. The van der Waals surface area contributed by atoms with Crippen LogP contribution in [0.4, 0.5) is 5.13 Å². The molecule has 0 unspecified atom stereocenters. The van der Waals surface area contributed by atoms with Gasteiger partial charge < -0.3 is 9.47 Å². The molecule has 0 saturated heterocycles. The topological polar surface area (TPSA) is 90.4 Å². The fourth-order valence-electron chi connectivity index (χ4n) is 2.00. The van der Waals surface area contributed by atoms with E-state index in [-0.39, 0.29) is 22.9 Å². The lowest BCUT2D eigenvalue weighted by Crippen LogP contribution is -2.25. The van der Waals surface area contributed by atoms with E-state index in [1.807, 2.05) is 31.2 Å². The molecule has 25 heavy (non-hydrogen) atoms. The first-order valence-electron chi connectivity index (χ1n) is 7.55. The van der Waals surface area contributed by atoms with Crippen molar-refractivity contribution < 1.29 is 19.1 Å². The van der Waals surface area contributed by atoms with Gasteiger partial charge >= 0.3 is 5.97 Å². The van der Waals surface area contributed by atoms with Gasteiger partial charge in [-0.3, -0.25) is 14.9 Å². The van der Waals surface area contributed by atoms with Crippen molar-refractivity contribution in [3.8, 4) is 16.3 Å². The van der Waals surface area contributed by atoms with Gasteiger partial charge in [0.1, 0.15) is 5.75 Å². The van der Waals surface area contributed by atoms with Gasteiger partial charge in [-0.15, -0.1) is 22.0 Å². The number of aromatic nitrogens is 2. The fourth-order valence-corrected chi connectivity index (χ4v) is 3.67. The molecule has 134 valence electrons. The molecule has 1 N–H and O–H groups in total. The maximum absolute atomic E-state index is 12.3. The molecule has 1 amide bonds. The number of esters is 1. The molecule has 1 aromatic heterocycles. The lowest BCUT2D eigenvalue weighted by atomic mass is 10.2. The van der Waals surface area contributed by atoms with Crippen LogP contribution in [0.3, 0.4) is 0 Å². The molecule has 1 atom stereocenters. The lowest BCUT2D eigenvalue weighted by Gasteiger charge is -2.12. The fraction of sp³-hybridized carbons (Fsp3) is 0.375. The van der Waals surface area contributed by atoms with Crippen molar-refractivity contribution in [2.24, 2.45) is 0 Å². The maximum Gasteiger partial charge on any atom is 0.315 e. The molecule has 9 heteroatoms. The zero-order valence-electron chi connectivity index (χ0n) is 14.1. The van der Waals surface area contributed by atoms with E-state index < -0.39 is 0 Å². The Labute approximate surface area is 154 Å². The van der Waals surface area contributed by atoms with Crippen LogP contribution >= 0.6 is 23.1 Å². The molecule has 0 saturated carbocycles. The summed E-state index contributed by atoms with van der Waals surface area (Å²) in [5.74, 6) is 0.256. The van der Waals surface area contributed by atoms with E-state index in [2.05, 4.69) is 20.3 Å². The van der Waals surface area contributed by atoms with Crippen molar-refractivity contribution in [1.29, 1.82) is 0 Å². The van der Waals surface area contributed by atoms with Crippen LogP contribution in [0.1, 0.15) is 13.3 Å². The second-order valence-corrected chi connectivity index (χ2v) is 7.05. The van der Waals surface area contributed by atoms with Gasteiger partial charge in [-0.2, -0.15) is 0 Å². The van der Waals surface area contributed by atoms with Crippen molar-refractivity contribution in [2.45, 2.75) is 18.6 Å². The highest BCUT2D eigenvalue weighted by atomic mass is 32.2. The summed E-state index contributed by atoms with van der Waals surface area (Å²) in [4.78, 5) is 23.6. The number of carbonyl (C=O) groups is 2. The van der Waals surface area contributed by atoms with E-state index >= 15 is 0 Å². The van der Waals surface area contributed by atoms with Crippen molar-refractivity contribution in [2.75, 3.05) is 25.3 Å². The van der Waals surface area contributed by atoms with Crippen LogP contribution in [0.5, 0.6) is 5.75 Å². The summed E-state index contributed by atoms with van der Waals surface area (Å²) in [6.45, 7) is 1.88. The van der Waals surface area contributed by atoms with E-state index in [1.165, 1.54) is 30.2 Å². The third-order valence-corrected chi connectivity index (χ3v) is 5.51. The third-order valence-electron chi connectivity index (χ3n) is 3.29. The van der Waals surface area contributed by atoms with Gasteiger partial charge in [0.25, 0.3) is 0 Å². The van der Waals surface area contributed by atoms with E-state index in [9.17, 15) is 9.59 Å². The molecule has 2 aromatic rings. The van der Waals surface area contributed by atoms with Gasteiger partial charge in [0.15, 0.2) is 5.01 Å². The Kier molecular flexibility index (Phi) is 7.20. The van der Waals surface area contributed by atoms with Crippen LogP contribution in [-0.4, -0.2) is 47.3 Å². The maximum atomic E-state index is 12.3. The summed E-state index contributed by atoms with van der Waals surface area (Å²) in [6.07, 6.45) is 0.589. The van der Waals surface area contributed by atoms with E-state index in [4.69, 9.17) is 4.74 Å². The molecule has 0 aliphatic heterocycles. The highest BCUT2D eigenvalue weighted by Gasteiger charge is 2.20. The molecule has 0 aliphatic carbocycles. The second kappa shape index (κ2) is 9.38. The minimum atomic E-state index is -0.363. The molecule has 0 aliphatic rings. The van der Waals surface area contributed by atoms with Crippen LogP contribution < -0.4 is 10.1 Å². The number of amides is 1. The third kappa shape index (κ3) is 5.17. The summed E-state index contributed by atoms with van der Waals surface area (Å²) < 4.78 is 9.91. The molecular weight excluding hydrogens is 362 g/mol. The zero-order chi connectivity index (χ0) is 18.2. The quantitative estimate of drug-likeness (QED) is 0.703. The standard InChI is InChI=1S/C16H19N3O4S2/c1-4-12(24-9-13(20)23-3)14(21)17-16-19-18-15(25-16)10-7-5-6-8-11(10)22-2/h5-8,12H,4,9H2,1-3H3,(H,17,19,21)/t12-/m1/s1. The molecule has 1 aromatic carbocycles. The number of anilines is 1. The zero-order valence-corrected chi connectivity index (χ0v) is 15.8. The van der Waals surface area contributed by atoms with Gasteiger partial charge in [0.05, 0.1) is 30.8 Å².